The van der Waals surface area contributed by atoms with E-state index in [1.807, 2.05) is 58.9 Å². The van der Waals surface area contributed by atoms with Crippen molar-refractivity contribution in [2.45, 2.75) is 59.2 Å². The Labute approximate surface area is 210 Å². The third-order valence-corrected chi connectivity index (χ3v) is 7.24. The summed E-state index contributed by atoms with van der Waals surface area (Å²) in [5.41, 5.74) is 1.83. The van der Waals surface area contributed by atoms with Gasteiger partial charge in [-0.2, -0.15) is 12.7 Å². The van der Waals surface area contributed by atoms with Crippen LogP contribution in [0.5, 0.6) is 0 Å². The molecule has 0 radical (unpaired) electrons. The van der Waals surface area contributed by atoms with E-state index in [0.717, 1.165) is 19.7 Å². The number of carbonyl (C=O) groups is 2. The highest BCUT2D eigenvalue weighted by atomic mass is 32.2. The van der Waals surface area contributed by atoms with Gasteiger partial charge in [0.05, 0.1) is 5.69 Å². The fourth-order valence-corrected chi connectivity index (χ4v) is 4.63. The van der Waals surface area contributed by atoms with Crippen molar-refractivity contribution >= 4 is 27.7 Å². The molecule has 0 aromatic heterocycles. The van der Waals surface area contributed by atoms with Crippen LogP contribution < -0.4 is 9.62 Å². The van der Waals surface area contributed by atoms with Gasteiger partial charge in [0, 0.05) is 26.2 Å². The van der Waals surface area contributed by atoms with Crippen molar-refractivity contribution in [3.05, 3.63) is 65.7 Å². The molecule has 0 saturated carbocycles. The van der Waals surface area contributed by atoms with E-state index in [2.05, 4.69) is 5.32 Å². The topological polar surface area (TPSA) is 90.0 Å². The van der Waals surface area contributed by atoms with Gasteiger partial charge in [0.1, 0.15) is 12.6 Å². The van der Waals surface area contributed by atoms with Gasteiger partial charge < -0.3 is 10.2 Å². The molecule has 9 heteroatoms. The number of amides is 2. The number of benzene rings is 2. The summed E-state index contributed by atoms with van der Waals surface area (Å²) in [5, 5.41) is 2.96. The number of nitrogens with zero attached hydrogens (tertiary/aromatic N) is 3. The molecule has 0 saturated heterocycles. The Morgan fingerprint density at radius 2 is 1.54 bits per heavy atom. The van der Waals surface area contributed by atoms with E-state index in [4.69, 9.17) is 0 Å². The molecule has 0 aliphatic carbocycles. The Bertz CT molecular complexity index is 1090. The summed E-state index contributed by atoms with van der Waals surface area (Å²) in [7, 11) is -1.12. The number of rotatable bonds is 10. The lowest BCUT2D eigenvalue weighted by Crippen LogP contribution is -2.55. The third-order valence-electron chi connectivity index (χ3n) is 5.42. The molecule has 0 aliphatic heterocycles. The molecule has 1 unspecified atom stereocenters. The minimum Gasteiger partial charge on any atom is -0.350 e. The first-order valence-corrected chi connectivity index (χ1v) is 13.1. The van der Waals surface area contributed by atoms with Crippen LogP contribution in [0.15, 0.2) is 54.6 Å². The summed E-state index contributed by atoms with van der Waals surface area (Å²) in [5.74, 6) is -0.738. The molecule has 0 heterocycles. The van der Waals surface area contributed by atoms with Crippen LogP contribution in [0.1, 0.15) is 45.2 Å². The Morgan fingerprint density at radius 1 is 0.971 bits per heavy atom. The minimum atomic E-state index is -3.96. The zero-order valence-electron chi connectivity index (χ0n) is 21.8. The number of hydrogen-bond acceptors (Lipinski definition) is 4. The van der Waals surface area contributed by atoms with Gasteiger partial charge in [0.25, 0.3) is 0 Å². The van der Waals surface area contributed by atoms with E-state index in [9.17, 15) is 18.0 Å². The van der Waals surface area contributed by atoms with E-state index in [0.29, 0.717) is 12.1 Å². The highest BCUT2D eigenvalue weighted by molar-refractivity contribution is 7.90. The van der Waals surface area contributed by atoms with Crippen LogP contribution >= 0.6 is 0 Å². The molecule has 2 amide bonds. The number of para-hydroxylation sites is 1. The molecule has 0 aliphatic rings. The van der Waals surface area contributed by atoms with Gasteiger partial charge in [-0.3, -0.25) is 9.59 Å². The van der Waals surface area contributed by atoms with Crippen molar-refractivity contribution in [3.8, 4) is 0 Å². The molecule has 2 aromatic rings. The second-order valence-electron chi connectivity index (χ2n) is 9.80. The summed E-state index contributed by atoms with van der Waals surface area (Å²) < 4.78 is 28.4. The SMILES string of the molecule is CCC(C(=O)NC(C)(C)C)N(Cc1ccc(C)cc1)C(=O)CN(c1ccccc1)S(=O)(=O)N(C)C. The molecular formula is C26H38N4O4S. The number of anilines is 1. The summed E-state index contributed by atoms with van der Waals surface area (Å²) >= 11 is 0. The number of nitrogens with one attached hydrogen (secondary N) is 1. The maximum Gasteiger partial charge on any atom is 0.304 e. The van der Waals surface area contributed by atoms with Crippen LogP contribution in [0.3, 0.4) is 0 Å². The van der Waals surface area contributed by atoms with Crippen LogP contribution in [0.4, 0.5) is 5.69 Å². The fourth-order valence-electron chi connectivity index (χ4n) is 3.57. The van der Waals surface area contributed by atoms with Gasteiger partial charge in [-0.1, -0.05) is 55.0 Å². The van der Waals surface area contributed by atoms with Crippen molar-refractivity contribution in [3.63, 3.8) is 0 Å². The third kappa shape index (κ3) is 7.80. The molecule has 0 fully saturated rings. The lowest BCUT2D eigenvalue weighted by atomic mass is 10.1. The van der Waals surface area contributed by atoms with Crippen molar-refractivity contribution in [2.24, 2.45) is 0 Å². The molecule has 35 heavy (non-hydrogen) atoms. The standard InChI is InChI=1S/C26H38N4O4S/c1-8-23(25(32)27-26(3,4)5)29(18-21-16-14-20(2)15-17-21)24(31)19-30(35(33,34)28(6)7)22-12-10-9-11-13-22/h9-17,23H,8,18-19H2,1-7H3,(H,27,32). The number of carbonyl (C=O) groups excluding carboxylic acids is 2. The first-order chi connectivity index (χ1) is 16.3. The fraction of sp³-hybridized carbons (Fsp3) is 0.462. The maximum absolute atomic E-state index is 13.8. The summed E-state index contributed by atoms with van der Waals surface area (Å²) in [6, 6.07) is 15.4. The number of hydrogen-bond donors (Lipinski definition) is 1. The van der Waals surface area contributed by atoms with Crippen molar-refractivity contribution in [1.82, 2.24) is 14.5 Å². The molecule has 2 rings (SSSR count). The average Bonchev–Trinajstić information content (AvgIpc) is 2.77. The first-order valence-electron chi connectivity index (χ1n) is 11.7. The molecule has 8 nitrogen and oxygen atoms in total. The highest BCUT2D eigenvalue weighted by Crippen LogP contribution is 2.21. The van der Waals surface area contributed by atoms with Crippen LogP contribution in [-0.2, 0) is 26.3 Å². The van der Waals surface area contributed by atoms with Crippen LogP contribution in [-0.4, -0.2) is 61.7 Å². The van der Waals surface area contributed by atoms with Gasteiger partial charge in [-0.25, -0.2) is 4.31 Å². The van der Waals surface area contributed by atoms with Crippen molar-refractivity contribution < 1.29 is 18.0 Å². The second-order valence-corrected chi connectivity index (χ2v) is 11.9. The van der Waals surface area contributed by atoms with E-state index in [1.165, 1.54) is 19.0 Å². The smallest absolute Gasteiger partial charge is 0.304 e. The van der Waals surface area contributed by atoms with Gasteiger partial charge in [-0.15, -0.1) is 0 Å². The Balaban J connectivity index is 2.48. The predicted octanol–water partition coefficient (Wildman–Crippen LogP) is 3.33. The highest BCUT2D eigenvalue weighted by Gasteiger charge is 2.34. The summed E-state index contributed by atoms with van der Waals surface area (Å²) in [4.78, 5) is 28.4. The van der Waals surface area contributed by atoms with Gasteiger partial charge in [-0.05, 0) is 51.8 Å². The normalized spacial score (nSPS) is 12.8. The van der Waals surface area contributed by atoms with Crippen LogP contribution in [0, 0.1) is 6.92 Å². The molecule has 0 spiro atoms. The van der Waals surface area contributed by atoms with E-state index >= 15 is 0 Å². The first kappa shape index (κ1) is 28.3. The maximum atomic E-state index is 13.8. The van der Waals surface area contributed by atoms with E-state index in [-0.39, 0.29) is 12.5 Å². The number of aryl methyl sites for hydroxylation is 1. The van der Waals surface area contributed by atoms with Crippen LogP contribution in [0.25, 0.3) is 0 Å². The molecule has 2 aromatic carbocycles. The van der Waals surface area contributed by atoms with Crippen molar-refractivity contribution in [1.29, 1.82) is 0 Å². The lowest BCUT2D eigenvalue weighted by molar-refractivity contribution is -0.141. The van der Waals surface area contributed by atoms with E-state index < -0.39 is 34.2 Å². The molecule has 1 atom stereocenters. The largest absolute Gasteiger partial charge is 0.350 e. The lowest BCUT2D eigenvalue weighted by Gasteiger charge is -2.35. The van der Waals surface area contributed by atoms with Gasteiger partial charge in [0.15, 0.2) is 0 Å². The quantitative estimate of drug-likeness (QED) is 0.540. The second kappa shape index (κ2) is 11.7. The van der Waals surface area contributed by atoms with Crippen LogP contribution in [0.2, 0.25) is 0 Å². The molecule has 0 bridgehead atoms. The van der Waals surface area contributed by atoms with Gasteiger partial charge >= 0.3 is 10.2 Å². The van der Waals surface area contributed by atoms with Gasteiger partial charge in [0.2, 0.25) is 11.8 Å². The zero-order chi connectivity index (χ0) is 26.4. The zero-order valence-corrected chi connectivity index (χ0v) is 22.6. The molecular weight excluding hydrogens is 464 g/mol. The minimum absolute atomic E-state index is 0.180. The summed E-state index contributed by atoms with van der Waals surface area (Å²) in [6.07, 6.45) is 0.380. The molecule has 1 N–H and O–H groups in total. The predicted molar refractivity (Wildman–Crippen MR) is 140 cm³/mol. The molecule has 192 valence electrons. The average molecular weight is 503 g/mol. The Hall–Kier alpha value is -2.91. The van der Waals surface area contributed by atoms with E-state index in [1.54, 1.807) is 30.3 Å². The Kier molecular flexibility index (Phi) is 9.45. The summed E-state index contributed by atoms with van der Waals surface area (Å²) in [6.45, 7) is 9.20. The monoisotopic (exact) mass is 502 g/mol. The van der Waals surface area contributed by atoms with Crippen molar-refractivity contribution in [2.75, 3.05) is 24.9 Å². The Morgan fingerprint density at radius 3 is 2.03 bits per heavy atom.